The summed E-state index contributed by atoms with van der Waals surface area (Å²) in [5.41, 5.74) is 9.08. The van der Waals surface area contributed by atoms with Crippen molar-refractivity contribution in [1.29, 1.82) is 0 Å². The second-order valence-corrected chi connectivity index (χ2v) is 11.6. The van der Waals surface area contributed by atoms with Crippen LogP contribution in [0.4, 0.5) is 0 Å². The van der Waals surface area contributed by atoms with E-state index in [0.29, 0.717) is 5.56 Å². The van der Waals surface area contributed by atoms with Crippen molar-refractivity contribution >= 4 is 32.6 Å². The molecule has 0 unspecified atom stereocenters. The van der Waals surface area contributed by atoms with Crippen LogP contribution in [0.15, 0.2) is 182 Å². The molecule has 0 fully saturated rings. The van der Waals surface area contributed by atoms with Crippen LogP contribution in [-0.2, 0) is 0 Å². The molecule has 9 aromatic rings. The van der Waals surface area contributed by atoms with Crippen LogP contribution < -0.4 is 0 Å². The zero-order chi connectivity index (χ0) is 35.5. The van der Waals surface area contributed by atoms with Gasteiger partial charge in [0.2, 0.25) is 0 Å². The molecular weight excluding hydrogens is 569 g/mol. The van der Waals surface area contributed by atoms with E-state index in [0.717, 1.165) is 71.9 Å². The molecule has 0 N–H and O–H groups in total. The number of benzene rings is 8. The molecule has 47 heavy (non-hydrogen) atoms. The van der Waals surface area contributed by atoms with Gasteiger partial charge in [-0.15, -0.1) is 0 Å². The van der Waals surface area contributed by atoms with Crippen molar-refractivity contribution in [2.45, 2.75) is 0 Å². The first kappa shape index (κ1) is 22.3. The summed E-state index contributed by atoms with van der Waals surface area (Å²) in [5, 5.41) is 4.40. The van der Waals surface area contributed by atoms with Crippen LogP contribution in [0.2, 0.25) is 0 Å². The monoisotopic (exact) mass is 603 g/mol. The van der Waals surface area contributed by atoms with Gasteiger partial charge in [-0.05, 0) is 85.3 Å². The topological polar surface area (TPSA) is 17.8 Å². The van der Waals surface area contributed by atoms with Gasteiger partial charge in [0.25, 0.3) is 0 Å². The minimum Gasteiger partial charge on any atom is -0.292 e. The Balaban J connectivity index is 1.23. The van der Waals surface area contributed by atoms with Gasteiger partial charge in [0, 0.05) is 11.3 Å². The highest BCUT2D eigenvalue weighted by atomic mass is 15.1. The van der Waals surface area contributed by atoms with Crippen molar-refractivity contribution in [2.75, 3.05) is 0 Å². The zero-order valence-corrected chi connectivity index (χ0v) is 25.3. The van der Waals surface area contributed by atoms with Gasteiger partial charge in [-0.3, -0.25) is 4.57 Å². The van der Waals surface area contributed by atoms with E-state index in [4.69, 9.17) is 11.8 Å². The van der Waals surface area contributed by atoms with Gasteiger partial charge in [-0.25, -0.2) is 4.98 Å². The second kappa shape index (κ2) is 11.3. The fourth-order valence-corrected chi connectivity index (χ4v) is 6.82. The highest BCUT2D eigenvalue weighted by molar-refractivity contribution is 6.21. The van der Waals surface area contributed by atoms with Crippen molar-refractivity contribution in [1.82, 2.24) is 9.55 Å². The predicted molar refractivity (Wildman–Crippen MR) is 198 cm³/mol. The van der Waals surface area contributed by atoms with Gasteiger partial charge in [-0.2, -0.15) is 0 Å². The molecule has 1 aromatic heterocycles. The SMILES string of the molecule is [2H]c1c([2H])c([2H])c(-c2ccc(-c3c4ccccc4c(-c4cccc(-c5nc6ccccc6n5-c5ccccc5)c4)c4ccccc34)cc2)c([2H])c1[2H]. The maximum Gasteiger partial charge on any atom is 0.145 e. The van der Waals surface area contributed by atoms with E-state index in [2.05, 4.69) is 102 Å². The average molecular weight is 604 g/mol. The van der Waals surface area contributed by atoms with E-state index in [1.165, 1.54) is 0 Å². The minimum absolute atomic E-state index is 0.197. The number of para-hydroxylation sites is 3. The Morgan fingerprint density at radius 1 is 0.426 bits per heavy atom. The highest BCUT2D eigenvalue weighted by Crippen LogP contribution is 2.44. The molecule has 0 aliphatic heterocycles. The molecule has 0 aliphatic carbocycles. The van der Waals surface area contributed by atoms with E-state index in [9.17, 15) is 0 Å². The summed E-state index contributed by atoms with van der Waals surface area (Å²) >= 11 is 0. The van der Waals surface area contributed by atoms with Gasteiger partial charge in [0.15, 0.2) is 0 Å². The zero-order valence-electron chi connectivity index (χ0n) is 30.3. The van der Waals surface area contributed by atoms with Crippen LogP contribution in [0.3, 0.4) is 0 Å². The van der Waals surface area contributed by atoms with E-state index >= 15 is 0 Å². The summed E-state index contributed by atoms with van der Waals surface area (Å²) < 4.78 is 43.5. The van der Waals surface area contributed by atoms with Crippen LogP contribution in [0, 0.1) is 0 Å². The first-order valence-corrected chi connectivity index (χ1v) is 15.7. The number of rotatable bonds is 5. The number of fused-ring (bicyclic) bond motifs is 3. The van der Waals surface area contributed by atoms with Crippen LogP contribution in [0.5, 0.6) is 0 Å². The van der Waals surface area contributed by atoms with Gasteiger partial charge in [0.1, 0.15) is 5.82 Å². The lowest BCUT2D eigenvalue weighted by Crippen LogP contribution is -1.97. The quantitative estimate of drug-likeness (QED) is 0.179. The van der Waals surface area contributed by atoms with E-state index < -0.39 is 6.04 Å². The largest absolute Gasteiger partial charge is 0.292 e. The molecule has 8 aromatic carbocycles. The van der Waals surface area contributed by atoms with Crippen LogP contribution in [-0.4, -0.2) is 9.55 Å². The molecule has 2 nitrogen and oxygen atoms in total. The van der Waals surface area contributed by atoms with Gasteiger partial charge < -0.3 is 0 Å². The van der Waals surface area contributed by atoms with Crippen LogP contribution in [0.25, 0.3) is 83.0 Å². The molecular formula is C45H30N2. The fourth-order valence-electron chi connectivity index (χ4n) is 6.82. The molecule has 0 aliphatic rings. The Morgan fingerprint density at radius 2 is 0.979 bits per heavy atom. The lowest BCUT2D eigenvalue weighted by atomic mass is 9.85. The van der Waals surface area contributed by atoms with Crippen molar-refractivity contribution in [3.8, 4) is 50.5 Å². The van der Waals surface area contributed by atoms with Crippen molar-refractivity contribution < 1.29 is 6.85 Å². The number of hydrogen-bond acceptors (Lipinski definition) is 1. The van der Waals surface area contributed by atoms with Crippen molar-refractivity contribution in [2.24, 2.45) is 0 Å². The number of hydrogen-bond donors (Lipinski definition) is 0. The Labute approximate surface area is 280 Å². The molecule has 0 atom stereocenters. The maximum absolute atomic E-state index is 8.49. The van der Waals surface area contributed by atoms with Gasteiger partial charge in [-0.1, -0.05) is 152 Å². The minimum atomic E-state index is -0.395. The number of aromatic nitrogens is 2. The first-order chi connectivity index (χ1) is 25.4. The van der Waals surface area contributed by atoms with Crippen LogP contribution >= 0.6 is 0 Å². The Kier molecular flexibility index (Phi) is 5.35. The summed E-state index contributed by atoms with van der Waals surface area (Å²) in [6.45, 7) is 0. The maximum atomic E-state index is 8.49. The van der Waals surface area contributed by atoms with E-state index in [-0.39, 0.29) is 29.7 Å². The Hall–Kier alpha value is -6.25. The Morgan fingerprint density at radius 3 is 1.66 bits per heavy atom. The summed E-state index contributed by atoms with van der Waals surface area (Å²) in [7, 11) is 0. The molecule has 0 radical (unpaired) electrons. The molecule has 0 spiro atoms. The fraction of sp³-hybridized carbons (Fsp3) is 0. The summed E-state index contributed by atoms with van der Waals surface area (Å²) in [5.74, 6) is 0.874. The molecule has 220 valence electrons. The normalized spacial score (nSPS) is 12.9. The van der Waals surface area contributed by atoms with Crippen molar-refractivity contribution in [3.63, 3.8) is 0 Å². The smallest absolute Gasteiger partial charge is 0.145 e. The Bertz CT molecular complexity index is 2760. The molecule has 0 amide bonds. The third-order valence-corrected chi connectivity index (χ3v) is 8.88. The van der Waals surface area contributed by atoms with Gasteiger partial charge in [0.05, 0.1) is 17.9 Å². The summed E-state index contributed by atoms with van der Waals surface area (Å²) in [6.07, 6.45) is 0. The summed E-state index contributed by atoms with van der Waals surface area (Å²) in [6, 6.07) is 50.3. The highest BCUT2D eigenvalue weighted by Gasteiger charge is 2.19. The van der Waals surface area contributed by atoms with Crippen LogP contribution in [0.1, 0.15) is 6.85 Å². The first-order valence-electron chi connectivity index (χ1n) is 18.2. The molecule has 1 heterocycles. The molecule has 0 saturated carbocycles. The number of imidazole rings is 1. The lowest BCUT2D eigenvalue weighted by molar-refractivity contribution is 1.10. The lowest BCUT2D eigenvalue weighted by Gasteiger charge is -2.18. The van der Waals surface area contributed by atoms with E-state index in [1.807, 2.05) is 54.6 Å². The summed E-state index contributed by atoms with van der Waals surface area (Å²) in [4.78, 5) is 5.14. The van der Waals surface area contributed by atoms with Gasteiger partial charge >= 0.3 is 0 Å². The molecule has 0 bridgehead atoms. The second-order valence-electron chi connectivity index (χ2n) is 11.6. The molecule has 0 saturated heterocycles. The predicted octanol–water partition coefficient (Wildman–Crippen LogP) is 12.0. The molecule has 9 rings (SSSR count). The third-order valence-electron chi connectivity index (χ3n) is 8.88. The standard InChI is InChI=1S/C45H30N2/c1-3-14-31(15-4-1)32-26-28-33(29-27-32)43-37-20-7-9-22-39(37)44(40-23-10-8-21-38(40)43)34-16-13-17-35(30-34)45-46-41-24-11-12-25-42(41)47(45)36-18-5-2-6-19-36/h1-30H/i1D,3D,4D,14D,15D. The third kappa shape index (κ3) is 4.62. The molecule has 2 heteroatoms. The average Bonchev–Trinajstić information content (AvgIpc) is 3.59. The van der Waals surface area contributed by atoms with E-state index in [1.54, 1.807) is 0 Å². The number of nitrogens with zero attached hydrogens (tertiary/aromatic N) is 2. The van der Waals surface area contributed by atoms with Crippen molar-refractivity contribution in [3.05, 3.63) is 182 Å².